The molecule has 0 fully saturated rings. The van der Waals surface area contributed by atoms with Gasteiger partial charge in [0.15, 0.2) is 0 Å². The standard InChI is InChI=1S/C24H19FN2O2S2/c25-21-12-10-20(11-13-21)23-22(19-8-6-18(7-9-19)16-31(28)29)14-26-27(24(23)30)15-17-4-2-1-3-5-17/h1-14,31H,15-16H2. The van der Waals surface area contributed by atoms with E-state index in [4.69, 9.17) is 12.2 Å². The van der Waals surface area contributed by atoms with Crippen molar-refractivity contribution in [3.8, 4) is 22.3 Å². The third-order valence-corrected chi connectivity index (χ3v) is 5.97. The fraction of sp³-hybridized carbons (Fsp3) is 0.0833. The van der Waals surface area contributed by atoms with Crippen LogP contribution in [0, 0.1) is 10.5 Å². The van der Waals surface area contributed by atoms with Crippen LogP contribution in [0.3, 0.4) is 0 Å². The van der Waals surface area contributed by atoms with Crippen LogP contribution in [-0.4, -0.2) is 18.2 Å². The van der Waals surface area contributed by atoms with Gasteiger partial charge in [-0.05, 0) is 34.4 Å². The summed E-state index contributed by atoms with van der Waals surface area (Å²) in [5.74, 6) is -0.324. The van der Waals surface area contributed by atoms with E-state index in [2.05, 4.69) is 5.10 Å². The van der Waals surface area contributed by atoms with Gasteiger partial charge in [-0.1, -0.05) is 78.9 Å². The van der Waals surface area contributed by atoms with Crippen molar-refractivity contribution in [2.45, 2.75) is 12.3 Å². The Balaban J connectivity index is 1.83. The van der Waals surface area contributed by atoms with Gasteiger partial charge < -0.3 is 0 Å². The van der Waals surface area contributed by atoms with E-state index in [0.717, 1.165) is 27.8 Å². The topological polar surface area (TPSA) is 52.0 Å². The maximum absolute atomic E-state index is 13.5. The van der Waals surface area contributed by atoms with Crippen LogP contribution in [0.15, 0.2) is 85.1 Å². The molecule has 7 heteroatoms. The highest BCUT2D eigenvalue weighted by molar-refractivity contribution is 7.71. The van der Waals surface area contributed by atoms with Crippen molar-refractivity contribution in [2.24, 2.45) is 0 Å². The smallest absolute Gasteiger partial charge is 0.144 e. The lowest BCUT2D eigenvalue weighted by molar-refractivity contribution is 0.614. The molecular formula is C24H19FN2O2S2. The molecule has 0 spiro atoms. The van der Waals surface area contributed by atoms with Gasteiger partial charge in [-0.15, -0.1) is 0 Å². The van der Waals surface area contributed by atoms with E-state index in [1.807, 2.05) is 42.5 Å². The van der Waals surface area contributed by atoms with E-state index in [0.29, 0.717) is 16.7 Å². The monoisotopic (exact) mass is 450 g/mol. The summed E-state index contributed by atoms with van der Waals surface area (Å²) < 4.78 is 37.8. The van der Waals surface area contributed by atoms with E-state index in [1.54, 1.807) is 35.1 Å². The van der Waals surface area contributed by atoms with Crippen molar-refractivity contribution in [3.63, 3.8) is 0 Å². The molecule has 0 amide bonds. The third-order valence-electron chi connectivity index (χ3n) is 4.93. The van der Waals surface area contributed by atoms with Crippen LogP contribution in [0.5, 0.6) is 0 Å². The van der Waals surface area contributed by atoms with E-state index in [9.17, 15) is 12.8 Å². The number of rotatable bonds is 6. The number of aromatic nitrogens is 2. The lowest BCUT2D eigenvalue weighted by atomic mass is 9.97. The predicted molar refractivity (Wildman–Crippen MR) is 123 cm³/mol. The summed E-state index contributed by atoms with van der Waals surface area (Å²) in [6.45, 7) is 0.517. The number of hydrogen-bond acceptors (Lipinski definition) is 4. The van der Waals surface area contributed by atoms with Gasteiger partial charge in [-0.3, -0.25) is 0 Å². The molecule has 0 atom stereocenters. The van der Waals surface area contributed by atoms with E-state index in [1.165, 1.54) is 12.1 Å². The van der Waals surface area contributed by atoms with Crippen LogP contribution in [0.4, 0.5) is 4.39 Å². The van der Waals surface area contributed by atoms with E-state index in [-0.39, 0.29) is 11.6 Å². The number of hydrogen-bond donors (Lipinski definition) is 1. The molecule has 0 bridgehead atoms. The minimum Gasteiger partial charge on any atom is -0.250 e. The third kappa shape index (κ3) is 4.95. The van der Waals surface area contributed by atoms with Gasteiger partial charge >= 0.3 is 0 Å². The molecule has 1 heterocycles. The van der Waals surface area contributed by atoms with Crippen molar-refractivity contribution in [2.75, 3.05) is 0 Å². The summed E-state index contributed by atoms with van der Waals surface area (Å²) in [4.78, 5) is 0. The summed E-state index contributed by atoms with van der Waals surface area (Å²) >= 11 is 5.80. The van der Waals surface area contributed by atoms with Crippen LogP contribution in [0.2, 0.25) is 0 Å². The van der Waals surface area contributed by atoms with E-state index >= 15 is 0 Å². The first kappa shape index (κ1) is 21.1. The highest BCUT2D eigenvalue weighted by atomic mass is 32.2. The van der Waals surface area contributed by atoms with Crippen LogP contribution in [0.25, 0.3) is 22.3 Å². The zero-order valence-electron chi connectivity index (χ0n) is 16.4. The molecule has 156 valence electrons. The molecule has 4 nitrogen and oxygen atoms in total. The van der Waals surface area contributed by atoms with Gasteiger partial charge in [0.25, 0.3) is 0 Å². The maximum Gasteiger partial charge on any atom is 0.144 e. The second kappa shape index (κ2) is 9.32. The van der Waals surface area contributed by atoms with Gasteiger partial charge in [0, 0.05) is 11.1 Å². The molecule has 0 radical (unpaired) electrons. The molecule has 0 saturated heterocycles. The zero-order chi connectivity index (χ0) is 21.8. The van der Waals surface area contributed by atoms with Crippen LogP contribution < -0.4 is 0 Å². The Hall–Kier alpha value is -3.16. The Labute approximate surface area is 186 Å². The molecule has 0 unspecified atom stereocenters. The number of thiol groups is 1. The fourth-order valence-corrected chi connectivity index (χ4v) is 4.26. The Morgan fingerprint density at radius 2 is 1.48 bits per heavy atom. The minimum absolute atomic E-state index is 0.00314. The molecule has 31 heavy (non-hydrogen) atoms. The van der Waals surface area contributed by atoms with E-state index < -0.39 is 10.7 Å². The van der Waals surface area contributed by atoms with Crippen LogP contribution in [-0.2, 0) is 23.0 Å². The Morgan fingerprint density at radius 3 is 2.13 bits per heavy atom. The summed E-state index contributed by atoms with van der Waals surface area (Å²) in [6, 6.07) is 23.4. The fourth-order valence-electron chi connectivity index (χ4n) is 3.41. The number of halogens is 1. The minimum atomic E-state index is -2.49. The SMILES string of the molecule is O=[SH](=O)Cc1ccc(-c2cnn(Cc3ccccc3)c(=S)c2-c2ccc(F)cc2)cc1. The summed E-state index contributed by atoms with van der Waals surface area (Å²) in [5, 5.41) is 4.57. The van der Waals surface area contributed by atoms with Crippen molar-refractivity contribution in [3.05, 3.63) is 107 Å². The highest BCUT2D eigenvalue weighted by Crippen LogP contribution is 2.33. The largest absolute Gasteiger partial charge is 0.250 e. The van der Waals surface area contributed by atoms with Gasteiger partial charge in [0.2, 0.25) is 0 Å². The second-order valence-electron chi connectivity index (χ2n) is 7.08. The quantitative estimate of drug-likeness (QED) is 0.322. The molecule has 0 aliphatic heterocycles. The maximum atomic E-state index is 13.5. The first-order valence-corrected chi connectivity index (χ1v) is 11.4. The van der Waals surface area contributed by atoms with Gasteiger partial charge in [-0.25, -0.2) is 17.5 Å². The summed E-state index contributed by atoms with van der Waals surface area (Å²) in [6.07, 6.45) is 1.75. The average molecular weight is 451 g/mol. The Kier molecular flexibility index (Phi) is 6.34. The second-order valence-corrected chi connectivity index (χ2v) is 8.44. The lowest BCUT2D eigenvalue weighted by Gasteiger charge is -2.15. The summed E-state index contributed by atoms with van der Waals surface area (Å²) in [5.41, 5.74) is 5.01. The molecule has 0 aliphatic rings. The molecule has 3 aromatic carbocycles. The normalized spacial score (nSPS) is 11.0. The first-order valence-electron chi connectivity index (χ1n) is 9.62. The molecule has 4 rings (SSSR count). The average Bonchev–Trinajstić information content (AvgIpc) is 2.77. The van der Waals surface area contributed by atoms with Gasteiger partial charge in [-0.2, -0.15) is 5.10 Å². The number of benzene rings is 3. The zero-order valence-corrected chi connectivity index (χ0v) is 18.2. The van der Waals surface area contributed by atoms with Crippen molar-refractivity contribution < 1.29 is 12.8 Å². The molecule has 4 aromatic rings. The van der Waals surface area contributed by atoms with Crippen molar-refractivity contribution in [1.82, 2.24) is 9.78 Å². The lowest BCUT2D eigenvalue weighted by Crippen LogP contribution is -2.08. The molecule has 1 aromatic heterocycles. The molecule has 0 aliphatic carbocycles. The van der Waals surface area contributed by atoms with Crippen molar-refractivity contribution in [1.29, 1.82) is 0 Å². The molecule has 0 N–H and O–H groups in total. The summed E-state index contributed by atoms with van der Waals surface area (Å²) in [7, 11) is -2.49. The van der Waals surface area contributed by atoms with Crippen LogP contribution >= 0.6 is 12.2 Å². The molecule has 0 saturated carbocycles. The van der Waals surface area contributed by atoms with Crippen LogP contribution in [0.1, 0.15) is 11.1 Å². The molecular weight excluding hydrogens is 431 g/mol. The van der Waals surface area contributed by atoms with Gasteiger partial charge in [0.1, 0.15) is 21.2 Å². The first-order chi connectivity index (χ1) is 15.0. The number of nitrogens with zero attached hydrogens (tertiary/aromatic N) is 2. The van der Waals surface area contributed by atoms with Crippen molar-refractivity contribution >= 4 is 22.9 Å². The van der Waals surface area contributed by atoms with Gasteiger partial charge in [0.05, 0.1) is 18.5 Å². The Morgan fingerprint density at radius 1 is 0.839 bits per heavy atom. The highest BCUT2D eigenvalue weighted by Gasteiger charge is 2.14. The predicted octanol–water partition coefficient (Wildman–Crippen LogP) is 5.25. The Bertz CT molecular complexity index is 1320.